The molecule has 0 fully saturated rings. The molecule has 1 amide bonds. The summed E-state index contributed by atoms with van der Waals surface area (Å²) in [6.45, 7) is 4.79. The molecule has 2 heterocycles. The molecule has 1 aromatic carbocycles. The van der Waals surface area contributed by atoms with E-state index in [9.17, 15) is 13.2 Å². The molecule has 0 N–H and O–H groups in total. The molecule has 25 heavy (non-hydrogen) atoms. The fourth-order valence-corrected chi connectivity index (χ4v) is 3.73. The maximum Gasteiger partial charge on any atom is 0.256 e. The standard InChI is InChI=1S/C18H21N3O3S/c1-14(2)21(12-15-6-4-3-5-7-15)18(22)16-8-9-17-19-25(23,24)11-10-20(17)13-16/h3-9,13-14H,10-12H2,1-2H3. The number of amides is 1. The van der Waals surface area contributed by atoms with Gasteiger partial charge in [0.1, 0.15) is 5.84 Å². The lowest BCUT2D eigenvalue weighted by Gasteiger charge is -2.31. The maximum absolute atomic E-state index is 13.0. The van der Waals surface area contributed by atoms with Crippen molar-refractivity contribution in [1.82, 2.24) is 9.80 Å². The number of fused-ring (bicyclic) bond motifs is 1. The van der Waals surface area contributed by atoms with Crippen LogP contribution in [0.4, 0.5) is 0 Å². The van der Waals surface area contributed by atoms with Gasteiger partial charge in [0.05, 0.1) is 11.3 Å². The zero-order valence-electron chi connectivity index (χ0n) is 14.3. The van der Waals surface area contributed by atoms with E-state index in [1.54, 1.807) is 28.2 Å². The van der Waals surface area contributed by atoms with Gasteiger partial charge in [0.25, 0.3) is 15.9 Å². The number of hydrogen-bond donors (Lipinski definition) is 0. The van der Waals surface area contributed by atoms with Crippen LogP contribution in [-0.2, 0) is 21.4 Å². The van der Waals surface area contributed by atoms with E-state index in [1.807, 2.05) is 44.2 Å². The second-order valence-corrected chi connectivity index (χ2v) is 8.11. The third-order valence-corrected chi connectivity index (χ3v) is 5.31. The summed E-state index contributed by atoms with van der Waals surface area (Å²) >= 11 is 0. The van der Waals surface area contributed by atoms with Crippen molar-refractivity contribution in [2.75, 3.05) is 12.3 Å². The van der Waals surface area contributed by atoms with E-state index in [-0.39, 0.29) is 17.7 Å². The highest BCUT2D eigenvalue weighted by Gasteiger charge is 2.27. The first kappa shape index (κ1) is 17.4. The quantitative estimate of drug-likeness (QED) is 0.824. The van der Waals surface area contributed by atoms with Crippen molar-refractivity contribution in [2.24, 2.45) is 4.40 Å². The summed E-state index contributed by atoms with van der Waals surface area (Å²) in [5, 5.41) is 0. The Labute approximate surface area is 148 Å². The Balaban J connectivity index is 1.82. The molecule has 3 rings (SSSR count). The molecule has 2 aliphatic rings. The first-order chi connectivity index (χ1) is 11.9. The van der Waals surface area contributed by atoms with Crippen LogP contribution in [-0.4, -0.2) is 48.3 Å². The molecule has 2 aliphatic heterocycles. The number of benzene rings is 1. The van der Waals surface area contributed by atoms with Gasteiger partial charge in [-0.25, -0.2) is 8.42 Å². The molecule has 0 radical (unpaired) electrons. The molecule has 0 bridgehead atoms. The molecule has 0 aliphatic carbocycles. The van der Waals surface area contributed by atoms with E-state index in [1.165, 1.54) is 0 Å². The minimum Gasteiger partial charge on any atom is -0.332 e. The van der Waals surface area contributed by atoms with Gasteiger partial charge in [-0.15, -0.1) is 4.40 Å². The van der Waals surface area contributed by atoms with E-state index in [0.29, 0.717) is 24.5 Å². The molecular weight excluding hydrogens is 338 g/mol. The van der Waals surface area contributed by atoms with Crippen molar-refractivity contribution in [2.45, 2.75) is 26.4 Å². The van der Waals surface area contributed by atoms with Crippen molar-refractivity contribution in [3.63, 3.8) is 0 Å². The van der Waals surface area contributed by atoms with Crippen molar-refractivity contribution >= 4 is 21.8 Å². The average molecular weight is 359 g/mol. The number of hydrogen-bond acceptors (Lipinski definition) is 4. The molecule has 7 heteroatoms. The highest BCUT2D eigenvalue weighted by Crippen LogP contribution is 2.19. The smallest absolute Gasteiger partial charge is 0.256 e. The molecule has 132 valence electrons. The highest BCUT2D eigenvalue weighted by molar-refractivity contribution is 7.90. The van der Waals surface area contributed by atoms with E-state index < -0.39 is 10.0 Å². The summed E-state index contributed by atoms with van der Waals surface area (Å²) in [4.78, 5) is 16.5. The molecular formula is C18H21N3O3S. The van der Waals surface area contributed by atoms with Gasteiger partial charge in [0, 0.05) is 25.3 Å². The van der Waals surface area contributed by atoms with Gasteiger partial charge >= 0.3 is 0 Å². The van der Waals surface area contributed by atoms with E-state index >= 15 is 0 Å². The first-order valence-corrected chi connectivity index (χ1v) is 9.81. The number of amidine groups is 1. The van der Waals surface area contributed by atoms with Gasteiger partial charge in [0.15, 0.2) is 0 Å². The molecule has 0 spiro atoms. The molecule has 6 nitrogen and oxygen atoms in total. The lowest BCUT2D eigenvalue weighted by Crippen LogP contribution is -2.40. The van der Waals surface area contributed by atoms with Gasteiger partial charge < -0.3 is 9.80 Å². The van der Waals surface area contributed by atoms with Crippen molar-refractivity contribution in [3.05, 3.63) is 59.8 Å². The van der Waals surface area contributed by atoms with Gasteiger partial charge in [-0.05, 0) is 31.6 Å². The summed E-state index contributed by atoms with van der Waals surface area (Å²) in [6, 6.07) is 9.88. The lowest BCUT2D eigenvalue weighted by atomic mass is 10.1. The number of nitrogens with zero attached hydrogens (tertiary/aromatic N) is 3. The van der Waals surface area contributed by atoms with Crippen LogP contribution in [0.2, 0.25) is 0 Å². The predicted octanol–water partition coefficient (Wildman–Crippen LogP) is 1.92. The van der Waals surface area contributed by atoms with Crippen molar-refractivity contribution in [1.29, 1.82) is 0 Å². The average Bonchev–Trinajstić information content (AvgIpc) is 2.58. The molecule has 0 saturated carbocycles. The second kappa shape index (κ2) is 6.84. The zero-order valence-corrected chi connectivity index (χ0v) is 15.1. The summed E-state index contributed by atoms with van der Waals surface area (Å²) < 4.78 is 26.9. The Hall–Kier alpha value is -2.41. The van der Waals surface area contributed by atoms with Crippen LogP contribution in [0.15, 0.2) is 58.7 Å². The Morgan fingerprint density at radius 1 is 1.24 bits per heavy atom. The van der Waals surface area contributed by atoms with Crippen LogP contribution in [0.5, 0.6) is 0 Å². The topological polar surface area (TPSA) is 70.1 Å². The van der Waals surface area contributed by atoms with Crippen molar-refractivity contribution < 1.29 is 13.2 Å². The fourth-order valence-electron chi connectivity index (χ4n) is 2.76. The van der Waals surface area contributed by atoms with Gasteiger partial charge in [-0.2, -0.15) is 0 Å². The summed E-state index contributed by atoms with van der Waals surface area (Å²) in [6.07, 6.45) is 4.92. The van der Waals surface area contributed by atoms with Gasteiger partial charge in [0.2, 0.25) is 0 Å². The van der Waals surface area contributed by atoms with Crippen LogP contribution in [0.3, 0.4) is 0 Å². The molecule has 0 unspecified atom stereocenters. The first-order valence-electron chi connectivity index (χ1n) is 8.20. The summed E-state index contributed by atoms with van der Waals surface area (Å²) in [5.74, 6) is 0.241. The number of sulfonamides is 1. The Kier molecular flexibility index (Phi) is 4.76. The summed E-state index contributed by atoms with van der Waals surface area (Å²) in [5.41, 5.74) is 1.60. The molecule has 0 saturated heterocycles. The van der Waals surface area contributed by atoms with E-state index in [0.717, 1.165) is 5.56 Å². The monoisotopic (exact) mass is 359 g/mol. The van der Waals surface area contributed by atoms with Crippen LogP contribution < -0.4 is 0 Å². The number of rotatable bonds is 4. The van der Waals surface area contributed by atoms with Crippen LogP contribution in [0.1, 0.15) is 19.4 Å². The number of carbonyl (C=O) groups excluding carboxylic acids is 1. The van der Waals surface area contributed by atoms with Gasteiger partial charge in [-0.3, -0.25) is 4.79 Å². The third-order valence-electron chi connectivity index (χ3n) is 4.15. The Morgan fingerprint density at radius 2 is 1.96 bits per heavy atom. The van der Waals surface area contributed by atoms with E-state index in [2.05, 4.69) is 4.40 Å². The molecule has 0 atom stereocenters. The Bertz CT molecular complexity index is 855. The maximum atomic E-state index is 13.0. The molecule has 0 aromatic heterocycles. The highest BCUT2D eigenvalue weighted by atomic mass is 32.2. The zero-order chi connectivity index (χ0) is 18.0. The second-order valence-electron chi connectivity index (χ2n) is 6.36. The van der Waals surface area contributed by atoms with Crippen molar-refractivity contribution in [3.8, 4) is 0 Å². The minimum atomic E-state index is -3.39. The number of carbonyl (C=O) groups is 1. The van der Waals surface area contributed by atoms with Crippen LogP contribution >= 0.6 is 0 Å². The minimum absolute atomic E-state index is 0.0406. The normalized spacial score (nSPS) is 18.4. The van der Waals surface area contributed by atoms with Gasteiger partial charge in [-0.1, -0.05) is 30.3 Å². The fraction of sp³-hybridized carbons (Fsp3) is 0.333. The van der Waals surface area contributed by atoms with Crippen LogP contribution in [0.25, 0.3) is 0 Å². The summed E-state index contributed by atoms with van der Waals surface area (Å²) in [7, 11) is -3.39. The SMILES string of the molecule is CC(C)N(Cc1ccccc1)C(=O)C1=CN2CCS(=O)(=O)N=C2C=C1. The lowest BCUT2D eigenvalue weighted by molar-refractivity contribution is -0.129. The van der Waals surface area contributed by atoms with E-state index in [4.69, 9.17) is 0 Å². The largest absolute Gasteiger partial charge is 0.332 e. The predicted molar refractivity (Wildman–Crippen MR) is 97.3 cm³/mol. The molecule has 1 aromatic rings. The third kappa shape index (κ3) is 3.99. The Morgan fingerprint density at radius 3 is 2.64 bits per heavy atom. The van der Waals surface area contributed by atoms with Crippen LogP contribution in [0, 0.1) is 0 Å².